The number of hydrogen-bond acceptors (Lipinski definition) is 4. The van der Waals surface area contributed by atoms with Crippen molar-refractivity contribution >= 4 is 26.7 Å². The maximum atomic E-state index is 12.2. The highest BCUT2D eigenvalue weighted by Gasteiger charge is 2.09. The second-order valence-electron chi connectivity index (χ2n) is 3.94. The van der Waals surface area contributed by atoms with Gasteiger partial charge < -0.3 is 5.73 Å². The van der Waals surface area contributed by atoms with Gasteiger partial charge in [-0.3, -0.25) is 4.90 Å². The largest absolute Gasteiger partial charge is 0.375 e. The van der Waals surface area contributed by atoms with E-state index in [-0.39, 0.29) is 6.54 Å². The van der Waals surface area contributed by atoms with Gasteiger partial charge in [0.05, 0.1) is 16.8 Å². The molecule has 2 rings (SSSR count). The molecule has 0 saturated heterocycles. The minimum Gasteiger partial charge on any atom is -0.375 e. The normalized spacial score (nSPS) is 11.8. The van der Waals surface area contributed by atoms with Gasteiger partial charge in [-0.25, -0.2) is 13.8 Å². The molecule has 2 aromatic rings. The summed E-state index contributed by atoms with van der Waals surface area (Å²) in [5.41, 5.74) is 7.45. The summed E-state index contributed by atoms with van der Waals surface area (Å²) in [4.78, 5) is 5.74. The highest BCUT2D eigenvalue weighted by molar-refractivity contribution is 7.22. The lowest BCUT2D eigenvalue weighted by molar-refractivity contribution is 0.0976. The molecule has 0 aliphatic heterocycles. The molecular formula is C11H13F2N3S. The molecule has 0 bridgehead atoms. The number of nitrogens with two attached hydrogens (primary N) is 1. The van der Waals surface area contributed by atoms with E-state index < -0.39 is 6.43 Å². The highest BCUT2D eigenvalue weighted by atomic mass is 32.1. The molecule has 0 amide bonds. The van der Waals surface area contributed by atoms with Crippen molar-refractivity contribution in [2.75, 3.05) is 19.3 Å². The van der Waals surface area contributed by atoms with Crippen molar-refractivity contribution in [2.24, 2.45) is 0 Å². The van der Waals surface area contributed by atoms with Gasteiger partial charge in [-0.05, 0) is 24.7 Å². The van der Waals surface area contributed by atoms with E-state index in [4.69, 9.17) is 5.73 Å². The third-order valence-electron chi connectivity index (χ3n) is 2.37. The Morgan fingerprint density at radius 1 is 1.47 bits per heavy atom. The van der Waals surface area contributed by atoms with Crippen LogP contribution in [0.3, 0.4) is 0 Å². The third-order valence-corrected chi connectivity index (χ3v) is 3.22. The molecule has 0 aliphatic rings. The summed E-state index contributed by atoms with van der Waals surface area (Å²) in [6.07, 6.45) is -2.30. The van der Waals surface area contributed by atoms with Crippen LogP contribution in [0.4, 0.5) is 13.9 Å². The predicted molar refractivity (Wildman–Crippen MR) is 66.4 cm³/mol. The van der Waals surface area contributed by atoms with Crippen LogP contribution in [0.25, 0.3) is 10.2 Å². The van der Waals surface area contributed by atoms with Gasteiger partial charge in [0.1, 0.15) is 0 Å². The van der Waals surface area contributed by atoms with E-state index in [0.717, 1.165) is 15.8 Å². The average molecular weight is 257 g/mol. The van der Waals surface area contributed by atoms with E-state index in [1.54, 1.807) is 11.9 Å². The Balaban J connectivity index is 2.13. The zero-order chi connectivity index (χ0) is 12.4. The zero-order valence-corrected chi connectivity index (χ0v) is 10.2. The first-order valence-electron chi connectivity index (χ1n) is 5.16. The smallest absolute Gasteiger partial charge is 0.251 e. The van der Waals surface area contributed by atoms with Crippen LogP contribution in [0.15, 0.2) is 18.2 Å². The minimum absolute atomic E-state index is 0.219. The molecule has 0 radical (unpaired) electrons. The summed E-state index contributed by atoms with van der Waals surface area (Å²) < 4.78 is 25.3. The maximum absolute atomic E-state index is 12.2. The van der Waals surface area contributed by atoms with Crippen molar-refractivity contribution in [2.45, 2.75) is 13.0 Å². The van der Waals surface area contributed by atoms with Crippen LogP contribution in [0.1, 0.15) is 5.56 Å². The number of nitrogens with zero attached hydrogens (tertiary/aromatic N) is 2. The molecule has 6 heteroatoms. The summed E-state index contributed by atoms with van der Waals surface area (Å²) in [5, 5.41) is 0.526. The molecule has 0 spiro atoms. The molecule has 1 heterocycles. The quantitative estimate of drug-likeness (QED) is 0.915. The van der Waals surface area contributed by atoms with Crippen molar-refractivity contribution in [3.63, 3.8) is 0 Å². The number of nitrogen functional groups attached to an aromatic ring is 1. The molecule has 92 valence electrons. The van der Waals surface area contributed by atoms with Crippen LogP contribution < -0.4 is 5.73 Å². The second kappa shape index (κ2) is 4.93. The van der Waals surface area contributed by atoms with Gasteiger partial charge in [0.2, 0.25) is 0 Å². The molecule has 0 fully saturated rings. The fourth-order valence-electron chi connectivity index (χ4n) is 1.70. The number of aromatic nitrogens is 1. The Bertz CT molecular complexity index is 512. The van der Waals surface area contributed by atoms with Crippen LogP contribution in [0.2, 0.25) is 0 Å². The van der Waals surface area contributed by atoms with Crippen LogP contribution in [0, 0.1) is 0 Å². The van der Waals surface area contributed by atoms with Crippen molar-refractivity contribution < 1.29 is 8.78 Å². The van der Waals surface area contributed by atoms with Gasteiger partial charge in [-0.2, -0.15) is 0 Å². The van der Waals surface area contributed by atoms with Crippen molar-refractivity contribution in [1.29, 1.82) is 0 Å². The van der Waals surface area contributed by atoms with Crippen molar-refractivity contribution in [1.82, 2.24) is 9.88 Å². The maximum Gasteiger partial charge on any atom is 0.251 e. The molecule has 3 nitrogen and oxygen atoms in total. The average Bonchev–Trinajstić information content (AvgIpc) is 2.55. The monoisotopic (exact) mass is 257 g/mol. The van der Waals surface area contributed by atoms with Gasteiger partial charge in [0.15, 0.2) is 5.13 Å². The number of rotatable bonds is 4. The van der Waals surface area contributed by atoms with Crippen molar-refractivity contribution in [3.05, 3.63) is 23.8 Å². The van der Waals surface area contributed by atoms with Gasteiger partial charge in [0.25, 0.3) is 6.43 Å². The number of benzene rings is 1. The summed E-state index contributed by atoms with van der Waals surface area (Å²) >= 11 is 1.41. The number of thiazole rings is 1. The first kappa shape index (κ1) is 12.2. The molecule has 1 aromatic carbocycles. The first-order chi connectivity index (χ1) is 8.04. The van der Waals surface area contributed by atoms with Crippen LogP contribution in [-0.4, -0.2) is 29.9 Å². The topological polar surface area (TPSA) is 42.2 Å². The van der Waals surface area contributed by atoms with Gasteiger partial charge >= 0.3 is 0 Å². The van der Waals surface area contributed by atoms with E-state index in [2.05, 4.69) is 4.98 Å². The lowest BCUT2D eigenvalue weighted by Crippen LogP contribution is -2.23. The molecule has 0 atom stereocenters. The third kappa shape index (κ3) is 3.10. The molecule has 17 heavy (non-hydrogen) atoms. The number of halogens is 2. The second-order valence-corrected chi connectivity index (χ2v) is 5.00. The Morgan fingerprint density at radius 2 is 2.24 bits per heavy atom. The summed E-state index contributed by atoms with van der Waals surface area (Å²) in [6.45, 7) is 0.279. The van der Waals surface area contributed by atoms with Gasteiger partial charge in [-0.1, -0.05) is 17.4 Å². The molecule has 0 aliphatic carbocycles. The van der Waals surface area contributed by atoms with Gasteiger partial charge in [0, 0.05) is 6.54 Å². The van der Waals surface area contributed by atoms with Crippen molar-refractivity contribution in [3.8, 4) is 0 Å². The minimum atomic E-state index is -2.30. The fourth-order valence-corrected chi connectivity index (χ4v) is 2.49. The lowest BCUT2D eigenvalue weighted by Gasteiger charge is -2.15. The zero-order valence-electron chi connectivity index (χ0n) is 9.36. The standard InChI is InChI=1S/C11H13F2N3S/c1-16(6-10(12)13)5-7-2-3-8-9(4-7)17-11(14)15-8/h2-4,10H,5-6H2,1H3,(H2,14,15). The number of fused-ring (bicyclic) bond motifs is 1. The van der Waals surface area contributed by atoms with E-state index >= 15 is 0 Å². The predicted octanol–water partition coefficient (Wildman–Crippen LogP) is 2.58. The summed E-state index contributed by atoms with van der Waals surface area (Å²) in [7, 11) is 1.68. The molecular weight excluding hydrogens is 244 g/mol. The van der Waals surface area contributed by atoms with Crippen LogP contribution in [0.5, 0.6) is 0 Å². The Labute approximate surface area is 102 Å². The Kier molecular flexibility index (Phi) is 3.54. The Hall–Kier alpha value is -1.27. The van der Waals surface area contributed by atoms with E-state index in [0.29, 0.717) is 11.7 Å². The SMILES string of the molecule is CN(Cc1ccc2nc(N)sc2c1)CC(F)F. The summed E-state index contributed by atoms with van der Waals surface area (Å²) in [5.74, 6) is 0. The summed E-state index contributed by atoms with van der Waals surface area (Å²) in [6, 6.07) is 5.71. The highest BCUT2D eigenvalue weighted by Crippen LogP contribution is 2.24. The number of hydrogen-bond donors (Lipinski definition) is 1. The lowest BCUT2D eigenvalue weighted by atomic mass is 10.2. The van der Waals surface area contributed by atoms with Gasteiger partial charge in [-0.15, -0.1) is 0 Å². The molecule has 0 saturated carbocycles. The van der Waals surface area contributed by atoms with E-state index in [1.165, 1.54) is 11.3 Å². The molecule has 0 unspecified atom stereocenters. The number of anilines is 1. The first-order valence-corrected chi connectivity index (χ1v) is 5.98. The molecule has 1 aromatic heterocycles. The Morgan fingerprint density at radius 3 is 2.94 bits per heavy atom. The van der Waals surface area contributed by atoms with E-state index in [9.17, 15) is 8.78 Å². The molecule has 2 N–H and O–H groups in total. The van der Waals surface area contributed by atoms with Crippen LogP contribution >= 0.6 is 11.3 Å². The van der Waals surface area contributed by atoms with Crippen LogP contribution in [-0.2, 0) is 6.54 Å². The fraction of sp³-hybridized carbons (Fsp3) is 0.364. The number of alkyl halides is 2. The van der Waals surface area contributed by atoms with E-state index in [1.807, 2.05) is 18.2 Å².